The molecule has 3 saturated carbocycles. The van der Waals surface area contributed by atoms with E-state index in [1.807, 2.05) is 44.2 Å². The predicted octanol–water partition coefficient (Wildman–Crippen LogP) is 7.05. The number of hydrogen-bond donors (Lipinski definition) is 2. The number of rotatable bonds is 6. The molecular weight excluding hydrogens is 616 g/mol. The van der Waals surface area contributed by atoms with Gasteiger partial charge in [-0.05, 0) is 110 Å². The molecule has 2 aromatic rings. The Balaban J connectivity index is 1.05. The maximum absolute atomic E-state index is 13.8. The molecule has 1 aromatic carbocycles. The number of aromatic nitrogens is 3. The standard InChI is InChI=1S/C40H48N4O5/c1-25-28-12-13-31-38(4,29(28)20-30(45)34(25)47)17-19-40(6)32-21-37(3,15-14-36(32,2)16-18-39(31,40)5)35(48)49-24-33(46)41-22-26-23-44(43-42-26)27-10-8-7-9-11-27/h7-13,20,23,32,47H,14-19,21-22,24H2,1-6H3,(H,41,46)/t32-,36-,37-,38+,39-,40+/m1/s1. The molecular formula is C40H48N4O5. The summed E-state index contributed by atoms with van der Waals surface area (Å²) in [5, 5.41) is 21.5. The molecule has 9 nitrogen and oxygen atoms in total. The van der Waals surface area contributed by atoms with Crippen molar-refractivity contribution in [3.8, 4) is 5.69 Å². The first kappa shape index (κ1) is 33.2. The van der Waals surface area contributed by atoms with Crippen LogP contribution in [0.15, 0.2) is 82.8 Å². The number of aliphatic hydroxyl groups is 1. The predicted molar refractivity (Wildman–Crippen MR) is 185 cm³/mol. The number of nitrogens with one attached hydrogen (secondary N) is 1. The number of aliphatic hydroxyl groups excluding tert-OH is 1. The largest absolute Gasteiger partial charge is 0.504 e. The second-order valence-electron chi connectivity index (χ2n) is 16.5. The lowest BCUT2D eigenvalue weighted by atomic mass is 9.34. The van der Waals surface area contributed by atoms with E-state index >= 15 is 0 Å². The molecule has 1 aromatic heterocycles. The normalized spacial score (nSPS) is 35.1. The lowest BCUT2D eigenvalue weighted by Gasteiger charge is -2.70. The second kappa shape index (κ2) is 11.4. The molecule has 2 N–H and O–H groups in total. The van der Waals surface area contributed by atoms with Crippen LogP contribution in [0.1, 0.15) is 92.2 Å². The molecule has 3 fully saturated rings. The third kappa shape index (κ3) is 5.06. The maximum atomic E-state index is 13.8. The molecule has 0 saturated heterocycles. The van der Waals surface area contributed by atoms with Gasteiger partial charge in [-0.15, -0.1) is 5.10 Å². The Bertz CT molecular complexity index is 1870. The summed E-state index contributed by atoms with van der Waals surface area (Å²) in [6, 6.07) is 9.62. The van der Waals surface area contributed by atoms with Crippen LogP contribution in [0, 0.1) is 33.0 Å². The van der Waals surface area contributed by atoms with Crippen LogP contribution in [-0.2, 0) is 25.7 Å². The van der Waals surface area contributed by atoms with Crippen LogP contribution in [0.3, 0.4) is 0 Å². The van der Waals surface area contributed by atoms with Gasteiger partial charge in [-0.1, -0.05) is 68.8 Å². The van der Waals surface area contributed by atoms with E-state index in [0.717, 1.165) is 55.4 Å². The van der Waals surface area contributed by atoms with Gasteiger partial charge in [0.15, 0.2) is 12.4 Å². The number of nitrogens with zero attached hydrogens (tertiary/aromatic N) is 3. The van der Waals surface area contributed by atoms with Gasteiger partial charge in [0, 0.05) is 11.0 Å². The van der Waals surface area contributed by atoms with Gasteiger partial charge in [0.05, 0.1) is 23.8 Å². The van der Waals surface area contributed by atoms with Crippen molar-refractivity contribution in [2.75, 3.05) is 6.61 Å². The number of hydrogen-bond acceptors (Lipinski definition) is 7. The molecule has 0 spiro atoms. The van der Waals surface area contributed by atoms with Gasteiger partial charge in [0.25, 0.3) is 5.91 Å². The first-order chi connectivity index (χ1) is 23.1. The molecule has 0 radical (unpaired) electrons. The Hall–Kier alpha value is -4.27. The van der Waals surface area contributed by atoms with Gasteiger partial charge >= 0.3 is 5.97 Å². The minimum absolute atomic E-state index is 0.0839. The molecule has 7 rings (SSSR count). The number of fused-ring (bicyclic) bond motifs is 7. The number of ether oxygens (including phenoxy) is 1. The van der Waals surface area contributed by atoms with Gasteiger partial charge in [-0.2, -0.15) is 0 Å². The zero-order chi connectivity index (χ0) is 35.0. The van der Waals surface area contributed by atoms with Crippen LogP contribution in [0.4, 0.5) is 0 Å². The number of benzene rings is 1. The van der Waals surface area contributed by atoms with Crippen LogP contribution in [0.2, 0.25) is 0 Å². The Morgan fingerprint density at radius 1 is 1.00 bits per heavy atom. The van der Waals surface area contributed by atoms with Gasteiger partial charge in [0.2, 0.25) is 5.78 Å². The number of carbonyl (C=O) groups excluding carboxylic acids is 3. The molecule has 0 unspecified atom stereocenters. The van der Waals surface area contributed by atoms with Crippen LogP contribution in [-0.4, -0.2) is 44.4 Å². The third-order valence-corrected chi connectivity index (χ3v) is 13.7. The molecule has 258 valence electrons. The van der Waals surface area contributed by atoms with E-state index in [9.17, 15) is 19.5 Å². The summed E-state index contributed by atoms with van der Waals surface area (Å²) in [6.45, 7) is 13.2. The Kier molecular flexibility index (Phi) is 7.73. The average molecular weight is 665 g/mol. The first-order valence-corrected chi connectivity index (χ1v) is 17.6. The van der Waals surface area contributed by atoms with Crippen molar-refractivity contribution in [3.63, 3.8) is 0 Å². The van der Waals surface area contributed by atoms with E-state index in [2.05, 4.69) is 55.5 Å². The topological polar surface area (TPSA) is 123 Å². The van der Waals surface area contributed by atoms with Gasteiger partial charge in [-0.25, -0.2) is 4.68 Å². The van der Waals surface area contributed by atoms with E-state index in [1.54, 1.807) is 17.0 Å². The summed E-state index contributed by atoms with van der Waals surface area (Å²) in [5.74, 6) is -0.883. The molecule has 0 aliphatic heterocycles. The van der Waals surface area contributed by atoms with Crippen molar-refractivity contribution in [2.45, 2.75) is 93.0 Å². The van der Waals surface area contributed by atoms with E-state index in [-0.39, 0.29) is 64.1 Å². The Labute approximate surface area is 288 Å². The van der Waals surface area contributed by atoms with E-state index < -0.39 is 5.41 Å². The number of ketones is 1. The highest BCUT2D eigenvalue weighted by atomic mass is 16.5. The molecule has 1 heterocycles. The van der Waals surface area contributed by atoms with Crippen molar-refractivity contribution >= 4 is 17.7 Å². The molecule has 9 heteroatoms. The number of esters is 1. The fourth-order valence-electron chi connectivity index (χ4n) is 10.3. The minimum atomic E-state index is -0.698. The van der Waals surface area contributed by atoms with Crippen LogP contribution < -0.4 is 5.32 Å². The summed E-state index contributed by atoms with van der Waals surface area (Å²) < 4.78 is 7.38. The van der Waals surface area contributed by atoms with Gasteiger partial charge in [-0.3, -0.25) is 14.4 Å². The van der Waals surface area contributed by atoms with E-state index in [4.69, 9.17) is 4.74 Å². The second-order valence-corrected chi connectivity index (χ2v) is 16.5. The number of amides is 1. The van der Waals surface area contributed by atoms with Crippen molar-refractivity contribution in [1.29, 1.82) is 0 Å². The van der Waals surface area contributed by atoms with Crippen LogP contribution in [0.25, 0.3) is 5.69 Å². The lowest BCUT2D eigenvalue weighted by molar-refractivity contribution is -0.183. The number of para-hydroxylation sites is 1. The highest BCUT2D eigenvalue weighted by Crippen LogP contribution is 2.75. The number of allylic oxidation sites excluding steroid dienone is 7. The zero-order valence-corrected chi connectivity index (χ0v) is 29.6. The minimum Gasteiger partial charge on any atom is -0.504 e. The summed E-state index contributed by atoms with van der Waals surface area (Å²) in [5.41, 5.74) is 4.36. The maximum Gasteiger partial charge on any atom is 0.312 e. The van der Waals surface area contributed by atoms with Crippen molar-refractivity contribution in [2.24, 2.45) is 33.0 Å². The molecule has 6 atom stereocenters. The first-order valence-electron chi connectivity index (χ1n) is 17.6. The third-order valence-electron chi connectivity index (χ3n) is 13.7. The van der Waals surface area contributed by atoms with E-state index in [1.165, 1.54) is 5.57 Å². The summed E-state index contributed by atoms with van der Waals surface area (Å²) in [4.78, 5) is 39.4. The molecule has 49 heavy (non-hydrogen) atoms. The van der Waals surface area contributed by atoms with Gasteiger partial charge < -0.3 is 15.2 Å². The summed E-state index contributed by atoms with van der Waals surface area (Å²) >= 11 is 0. The fourth-order valence-corrected chi connectivity index (χ4v) is 10.3. The lowest BCUT2D eigenvalue weighted by Crippen LogP contribution is -2.62. The highest BCUT2D eigenvalue weighted by molar-refractivity contribution is 6.06. The SMILES string of the molecule is CC1=C(O)C(=O)C=C2C1=CC=C1[C@@]2(C)CC[C@@]2(C)[C@@H]3C[C@](C)(C(=O)OCC(=O)NCc4cn(-c5ccccc5)nn4)CC[C@]3(C)CC[C@]12C. The van der Waals surface area contributed by atoms with Crippen LogP contribution in [0.5, 0.6) is 0 Å². The monoisotopic (exact) mass is 664 g/mol. The van der Waals surface area contributed by atoms with Crippen molar-refractivity contribution in [3.05, 3.63) is 88.5 Å². The smallest absolute Gasteiger partial charge is 0.312 e. The quantitative estimate of drug-likeness (QED) is 0.317. The van der Waals surface area contributed by atoms with Crippen molar-refractivity contribution in [1.82, 2.24) is 20.3 Å². The number of carbonyl (C=O) groups is 3. The summed E-state index contributed by atoms with van der Waals surface area (Å²) in [7, 11) is 0. The summed E-state index contributed by atoms with van der Waals surface area (Å²) in [6.07, 6.45) is 14.1. The Morgan fingerprint density at radius 2 is 1.73 bits per heavy atom. The molecule has 1 amide bonds. The molecule has 5 aliphatic carbocycles. The highest BCUT2D eigenvalue weighted by Gasteiger charge is 2.67. The zero-order valence-electron chi connectivity index (χ0n) is 29.6. The molecule has 5 aliphatic rings. The van der Waals surface area contributed by atoms with Crippen LogP contribution >= 0.6 is 0 Å². The fraction of sp³-hybridized carbons (Fsp3) is 0.525. The van der Waals surface area contributed by atoms with Gasteiger partial charge in [0.1, 0.15) is 5.69 Å². The van der Waals surface area contributed by atoms with Crippen molar-refractivity contribution < 1.29 is 24.2 Å². The molecule has 0 bridgehead atoms. The average Bonchev–Trinajstić information content (AvgIpc) is 3.57. The van der Waals surface area contributed by atoms with E-state index in [0.29, 0.717) is 17.7 Å². The Morgan fingerprint density at radius 3 is 2.49 bits per heavy atom.